The minimum absolute atomic E-state index is 0.0339. The molecule has 3 aromatic carbocycles. The number of alkyl halides is 6. The second-order valence-electron chi connectivity index (χ2n) is 19.6. The summed E-state index contributed by atoms with van der Waals surface area (Å²) in [7, 11) is 1.55. The van der Waals surface area contributed by atoms with Gasteiger partial charge < -0.3 is 46.2 Å². The van der Waals surface area contributed by atoms with Crippen LogP contribution in [0.1, 0.15) is 93.9 Å². The number of carbonyl (C=O) groups excluding carboxylic acids is 8. The van der Waals surface area contributed by atoms with E-state index in [1.165, 1.54) is 9.80 Å². The van der Waals surface area contributed by atoms with Crippen molar-refractivity contribution in [1.29, 1.82) is 0 Å². The van der Waals surface area contributed by atoms with Gasteiger partial charge in [0.1, 0.15) is 12.1 Å². The number of likely N-dealkylation sites (N-methyl/N-ethyl adjacent to an activating group) is 1. The predicted octanol–water partition coefficient (Wildman–Crippen LogP) is 4.72. The second-order valence-corrected chi connectivity index (χ2v) is 19.6. The van der Waals surface area contributed by atoms with Crippen LogP contribution in [0.4, 0.5) is 26.3 Å². The lowest BCUT2D eigenvalue weighted by atomic mass is 10.1. The molecule has 5 N–H and O–H groups in total. The molecule has 2 heterocycles. The quantitative estimate of drug-likeness (QED) is 0.0669. The monoisotopic (exact) mass is 1100 g/mol. The van der Waals surface area contributed by atoms with E-state index < -0.39 is 89.8 Å². The standard InChI is InChI=1S/C55H71F6N9O8/c1-4-46(71)65-44(50(75)69-29-11-17-42(69)35-67(52(77)54(56,57)58)31-27-38-13-7-5-8-14-38)23-25-47(72)63-33-40-19-21-41(22-20-40)34-64-48(73)26-24-45(66-49(74)37(2)62-3)51(76)70-30-12-18-43(70)36-68(53(78)55(59,60)61)32-28-39-15-9-6-10-16-39/h5-10,13-16,19-22,37,42-45,62H,4,11-12,17-18,23-36H2,1-3H3,(H,63,72)(H,64,73)(H,65,71)(H,66,74)/t37-,42-,43-,44-,45-/m0/s1. The van der Waals surface area contributed by atoms with Crippen molar-refractivity contribution >= 4 is 47.3 Å². The van der Waals surface area contributed by atoms with E-state index in [4.69, 9.17) is 0 Å². The Balaban J connectivity index is 1.12. The number of amides is 8. The van der Waals surface area contributed by atoms with Crippen LogP contribution in [-0.4, -0.2) is 156 Å². The molecule has 17 nitrogen and oxygen atoms in total. The van der Waals surface area contributed by atoms with Gasteiger partial charge >= 0.3 is 24.2 Å². The van der Waals surface area contributed by atoms with Crippen LogP contribution < -0.4 is 26.6 Å². The number of likely N-dealkylation sites (tertiary alicyclic amines) is 2. The Hall–Kier alpha value is -7.04. The topological polar surface area (TPSA) is 210 Å². The highest BCUT2D eigenvalue weighted by molar-refractivity contribution is 5.91. The molecule has 2 aliphatic rings. The van der Waals surface area contributed by atoms with Crippen LogP contribution in [0.2, 0.25) is 0 Å². The molecule has 5 atom stereocenters. The molecule has 0 radical (unpaired) electrons. The van der Waals surface area contributed by atoms with Crippen LogP contribution >= 0.6 is 0 Å². The summed E-state index contributed by atoms with van der Waals surface area (Å²) in [6.45, 7) is 2.51. The van der Waals surface area contributed by atoms with Crippen LogP contribution in [0, 0.1) is 0 Å². The minimum atomic E-state index is -5.14. The molecule has 0 aromatic heterocycles. The Morgan fingerprint density at radius 3 is 1.35 bits per heavy atom. The first kappa shape index (κ1) is 61.8. The fourth-order valence-electron chi connectivity index (χ4n) is 9.41. The second kappa shape index (κ2) is 29.6. The molecule has 0 spiro atoms. The number of nitrogens with zero attached hydrogens (tertiary/aromatic N) is 4. The maximum atomic E-state index is 14.1. The Morgan fingerprint density at radius 1 is 0.577 bits per heavy atom. The van der Waals surface area contributed by atoms with Gasteiger partial charge in [0.2, 0.25) is 35.4 Å². The molecule has 2 aliphatic heterocycles. The molecule has 0 unspecified atom stereocenters. The van der Waals surface area contributed by atoms with E-state index >= 15 is 0 Å². The van der Waals surface area contributed by atoms with Gasteiger partial charge in [-0.1, -0.05) is 91.9 Å². The normalized spacial score (nSPS) is 16.6. The Bertz CT molecular complexity index is 2490. The van der Waals surface area contributed by atoms with E-state index in [-0.39, 0.29) is 97.3 Å². The number of rotatable bonds is 27. The highest BCUT2D eigenvalue weighted by Gasteiger charge is 2.46. The maximum Gasteiger partial charge on any atom is 0.471 e. The van der Waals surface area contributed by atoms with Crippen LogP contribution in [0.15, 0.2) is 84.9 Å². The summed E-state index contributed by atoms with van der Waals surface area (Å²) in [4.78, 5) is 109. The first-order chi connectivity index (χ1) is 37.1. The molecule has 0 saturated carbocycles. The fourth-order valence-corrected chi connectivity index (χ4v) is 9.41. The average molecular weight is 1100 g/mol. The summed E-state index contributed by atoms with van der Waals surface area (Å²) in [5, 5.41) is 13.7. The lowest BCUT2D eigenvalue weighted by Gasteiger charge is -2.33. The van der Waals surface area contributed by atoms with Crippen LogP contribution in [-0.2, 0) is 64.3 Å². The van der Waals surface area contributed by atoms with Gasteiger partial charge in [0.25, 0.3) is 0 Å². The van der Waals surface area contributed by atoms with E-state index in [2.05, 4.69) is 26.6 Å². The van der Waals surface area contributed by atoms with Crippen molar-refractivity contribution in [3.05, 3.63) is 107 Å². The van der Waals surface area contributed by atoms with E-state index in [1.54, 1.807) is 106 Å². The van der Waals surface area contributed by atoms with Crippen molar-refractivity contribution in [2.24, 2.45) is 0 Å². The van der Waals surface area contributed by atoms with Gasteiger partial charge in [-0.25, -0.2) is 0 Å². The van der Waals surface area contributed by atoms with Gasteiger partial charge in [0.05, 0.1) is 6.04 Å². The summed E-state index contributed by atoms with van der Waals surface area (Å²) >= 11 is 0. The lowest BCUT2D eigenvalue weighted by molar-refractivity contribution is -0.186. The zero-order valence-corrected chi connectivity index (χ0v) is 44.2. The number of hydrogen-bond acceptors (Lipinski definition) is 9. The Labute approximate surface area is 450 Å². The van der Waals surface area contributed by atoms with E-state index in [0.717, 1.165) is 16.0 Å². The SMILES string of the molecule is CCC(=O)N[C@@H](CCC(=O)NCc1ccc(CNC(=O)CC[C@H](NC(=O)[C@H](C)NC)C(=O)N2CCC[C@H]2CN(CCc2ccccc2)C(=O)C(F)(F)F)cc1)C(=O)N1CCC[C@H]1CN(CCc1ccccc1)C(=O)C(F)(F)F. The van der Waals surface area contributed by atoms with Crippen molar-refractivity contribution in [2.75, 3.05) is 46.3 Å². The number of nitrogens with one attached hydrogen (secondary N) is 5. The zero-order valence-electron chi connectivity index (χ0n) is 44.2. The molecule has 0 bridgehead atoms. The van der Waals surface area contributed by atoms with Crippen molar-refractivity contribution in [1.82, 2.24) is 46.2 Å². The smallest absolute Gasteiger partial charge is 0.352 e. The zero-order chi connectivity index (χ0) is 57.0. The third-order valence-electron chi connectivity index (χ3n) is 14.0. The molecule has 2 fully saturated rings. The van der Waals surface area contributed by atoms with Gasteiger partial charge in [-0.3, -0.25) is 38.4 Å². The molecule has 8 amide bonds. The molecule has 78 heavy (non-hydrogen) atoms. The molecule has 426 valence electrons. The van der Waals surface area contributed by atoms with Crippen LogP contribution in [0.5, 0.6) is 0 Å². The Morgan fingerprint density at radius 2 is 0.974 bits per heavy atom. The summed E-state index contributed by atoms with van der Waals surface area (Å²) in [6.07, 6.45) is -8.93. The van der Waals surface area contributed by atoms with Gasteiger partial charge in [0.15, 0.2) is 0 Å². The summed E-state index contributed by atoms with van der Waals surface area (Å²) in [5.41, 5.74) is 2.84. The van der Waals surface area contributed by atoms with Crippen molar-refractivity contribution in [3.8, 4) is 0 Å². The fraction of sp³-hybridized carbons (Fsp3) is 0.527. The maximum absolute atomic E-state index is 14.1. The highest BCUT2D eigenvalue weighted by atomic mass is 19.4. The number of hydrogen-bond donors (Lipinski definition) is 5. The first-order valence-electron chi connectivity index (χ1n) is 26.4. The molecule has 0 aliphatic carbocycles. The molecule has 5 rings (SSSR count). The molecule has 2 saturated heterocycles. The number of halogens is 6. The third kappa shape index (κ3) is 19.2. The minimum Gasteiger partial charge on any atom is -0.352 e. The van der Waals surface area contributed by atoms with Gasteiger partial charge in [-0.15, -0.1) is 0 Å². The molecular weight excluding hydrogens is 1030 g/mol. The van der Waals surface area contributed by atoms with Crippen molar-refractivity contribution in [2.45, 2.75) is 140 Å². The van der Waals surface area contributed by atoms with Crippen LogP contribution in [0.25, 0.3) is 0 Å². The predicted molar refractivity (Wildman–Crippen MR) is 276 cm³/mol. The van der Waals surface area contributed by atoms with E-state index in [9.17, 15) is 64.7 Å². The molecular formula is C55H71F6N9O8. The summed E-state index contributed by atoms with van der Waals surface area (Å²) in [5.74, 6) is -7.05. The summed E-state index contributed by atoms with van der Waals surface area (Å²) in [6, 6.07) is 19.8. The lowest BCUT2D eigenvalue weighted by Crippen LogP contribution is -2.55. The van der Waals surface area contributed by atoms with Gasteiger partial charge in [-0.2, -0.15) is 26.3 Å². The number of carbonyl (C=O) groups is 8. The summed E-state index contributed by atoms with van der Waals surface area (Å²) < 4.78 is 82.5. The Kier molecular flexibility index (Phi) is 23.5. The van der Waals surface area contributed by atoms with Crippen LogP contribution in [0.3, 0.4) is 0 Å². The first-order valence-corrected chi connectivity index (χ1v) is 26.4. The van der Waals surface area contributed by atoms with E-state index in [1.807, 2.05) is 0 Å². The number of benzene rings is 3. The average Bonchev–Trinajstić information content (AvgIpc) is 4.12. The van der Waals surface area contributed by atoms with Crippen molar-refractivity contribution < 1.29 is 64.7 Å². The molecule has 3 aromatic rings. The highest BCUT2D eigenvalue weighted by Crippen LogP contribution is 2.27. The van der Waals surface area contributed by atoms with Gasteiger partial charge in [0, 0.05) is 83.7 Å². The van der Waals surface area contributed by atoms with E-state index in [0.29, 0.717) is 41.7 Å². The van der Waals surface area contributed by atoms with Gasteiger partial charge in [-0.05, 0) is 87.6 Å². The van der Waals surface area contributed by atoms with Crippen molar-refractivity contribution in [3.63, 3.8) is 0 Å². The largest absolute Gasteiger partial charge is 0.471 e. The molecule has 23 heteroatoms. The third-order valence-corrected chi connectivity index (χ3v) is 14.0.